The fraction of sp³-hybridized carbons (Fsp3) is 0.727. The van der Waals surface area contributed by atoms with Crippen LogP contribution in [0.25, 0.3) is 0 Å². The minimum atomic E-state index is 0.377. The van der Waals surface area contributed by atoms with Crippen LogP contribution in [0.2, 0.25) is 0 Å². The van der Waals surface area contributed by atoms with Crippen LogP contribution in [0.3, 0.4) is 0 Å². The molecule has 1 fully saturated rings. The Morgan fingerprint density at radius 2 is 2.60 bits per heavy atom. The molecule has 2 atom stereocenters. The quantitative estimate of drug-likeness (QED) is 0.854. The molecule has 1 aliphatic rings. The Labute approximate surface area is 94.9 Å². The van der Waals surface area contributed by atoms with Crippen LogP contribution in [-0.2, 0) is 4.74 Å². The van der Waals surface area contributed by atoms with E-state index in [-0.39, 0.29) is 0 Å². The van der Waals surface area contributed by atoms with Crippen LogP contribution in [0.4, 0.5) is 0 Å². The van der Waals surface area contributed by atoms with E-state index in [1.807, 2.05) is 0 Å². The molecule has 84 valence electrons. The highest BCUT2D eigenvalue weighted by Gasteiger charge is 2.27. The van der Waals surface area contributed by atoms with Crippen molar-refractivity contribution in [1.82, 2.24) is 10.3 Å². The van der Waals surface area contributed by atoms with E-state index in [1.165, 1.54) is 5.69 Å². The molecule has 4 heteroatoms. The molecule has 0 spiro atoms. The SMILES string of the molecule is CCNC(c1csc(C)n1)C1CCOC1. The van der Waals surface area contributed by atoms with Crippen LogP contribution in [0.5, 0.6) is 0 Å². The third kappa shape index (κ3) is 2.56. The highest BCUT2D eigenvalue weighted by molar-refractivity contribution is 7.09. The average Bonchev–Trinajstić information content (AvgIpc) is 2.85. The maximum absolute atomic E-state index is 5.45. The van der Waals surface area contributed by atoms with Gasteiger partial charge < -0.3 is 10.1 Å². The molecule has 15 heavy (non-hydrogen) atoms. The fourth-order valence-electron chi connectivity index (χ4n) is 2.07. The van der Waals surface area contributed by atoms with Gasteiger partial charge in [-0.15, -0.1) is 11.3 Å². The summed E-state index contributed by atoms with van der Waals surface area (Å²) in [5.74, 6) is 0.589. The lowest BCUT2D eigenvalue weighted by molar-refractivity contribution is 0.176. The molecular weight excluding hydrogens is 208 g/mol. The van der Waals surface area contributed by atoms with Gasteiger partial charge in [0.15, 0.2) is 0 Å². The van der Waals surface area contributed by atoms with Gasteiger partial charge in [-0.1, -0.05) is 6.92 Å². The summed E-state index contributed by atoms with van der Waals surface area (Å²) >= 11 is 1.73. The third-order valence-electron chi connectivity index (χ3n) is 2.82. The summed E-state index contributed by atoms with van der Waals surface area (Å²) in [6, 6.07) is 0.377. The first-order chi connectivity index (χ1) is 7.31. The summed E-state index contributed by atoms with van der Waals surface area (Å²) in [5.41, 5.74) is 1.19. The van der Waals surface area contributed by atoms with E-state index in [9.17, 15) is 0 Å². The first-order valence-corrected chi connectivity index (χ1v) is 6.42. The van der Waals surface area contributed by atoms with Gasteiger partial charge in [0, 0.05) is 17.9 Å². The minimum Gasteiger partial charge on any atom is -0.381 e. The van der Waals surface area contributed by atoms with Crippen LogP contribution in [-0.4, -0.2) is 24.7 Å². The largest absolute Gasteiger partial charge is 0.381 e. The number of hydrogen-bond donors (Lipinski definition) is 1. The lowest BCUT2D eigenvalue weighted by atomic mass is 9.97. The van der Waals surface area contributed by atoms with E-state index in [0.29, 0.717) is 12.0 Å². The molecule has 2 heterocycles. The maximum atomic E-state index is 5.45. The number of hydrogen-bond acceptors (Lipinski definition) is 4. The Morgan fingerprint density at radius 1 is 1.73 bits per heavy atom. The normalized spacial score (nSPS) is 23.2. The van der Waals surface area contributed by atoms with Gasteiger partial charge in [-0.25, -0.2) is 4.98 Å². The van der Waals surface area contributed by atoms with Crippen LogP contribution < -0.4 is 5.32 Å². The van der Waals surface area contributed by atoms with Crippen molar-refractivity contribution in [1.29, 1.82) is 0 Å². The monoisotopic (exact) mass is 226 g/mol. The van der Waals surface area contributed by atoms with Crippen LogP contribution in [0.1, 0.15) is 30.1 Å². The molecule has 2 unspecified atom stereocenters. The van der Waals surface area contributed by atoms with E-state index in [1.54, 1.807) is 11.3 Å². The Bertz CT molecular complexity index is 307. The zero-order valence-electron chi connectivity index (χ0n) is 9.32. The molecule has 1 aliphatic heterocycles. The fourth-order valence-corrected chi connectivity index (χ4v) is 2.72. The molecule has 1 aromatic rings. The summed E-state index contributed by atoms with van der Waals surface area (Å²) in [7, 11) is 0. The van der Waals surface area contributed by atoms with Crippen molar-refractivity contribution in [2.45, 2.75) is 26.3 Å². The summed E-state index contributed by atoms with van der Waals surface area (Å²) in [4.78, 5) is 4.57. The van der Waals surface area contributed by atoms with Gasteiger partial charge in [0.05, 0.1) is 23.4 Å². The molecule has 0 aromatic carbocycles. The number of rotatable bonds is 4. The number of aromatic nitrogens is 1. The number of nitrogens with one attached hydrogen (secondary N) is 1. The Hall–Kier alpha value is -0.450. The van der Waals surface area contributed by atoms with Gasteiger partial charge in [-0.3, -0.25) is 0 Å². The number of nitrogens with zero attached hydrogens (tertiary/aromatic N) is 1. The first kappa shape index (κ1) is 11.0. The smallest absolute Gasteiger partial charge is 0.0898 e. The van der Waals surface area contributed by atoms with E-state index >= 15 is 0 Å². The molecule has 0 amide bonds. The highest BCUT2D eigenvalue weighted by Crippen LogP contribution is 2.29. The van der Waals surface area contributed by atoms with Gasteiger partial charge in [0.25, 0.3) is 0 Å². The zero-order chi connectivity index (χ0) is 10.7. The third-order valence-corrected chi connectivity index (χ3v) is 3.61. The summed E-state index contributed by atoms with van der Waals surface area (Å²) in [6.45, 7) is 6.95. The van der Waals surface area contributed by atoms with E-state index in [2.05, 4.69) is 29.5 Å². The number of thiazole rings is 1. The molecule has 0 radical (unpaired) electrons. The lowest BCUT2D eigenvalue weighted by Gasteiger charge is -2.21. The van der Waals surface area contributed by atoms with Gasteiger partial charge in [-0.05, 0) is 19.9 Å². The summed E-state index contributed by atoms with van der Waals surface area (Å²) in [6.07, 6.45) is 1.15. The van der Waals surface area contributed by atoms with Crippen LogP contribution in [0, 0.1) is 12.8 Å². The van der Waals surface area contributed by atoms with Gasteiger partial charge in [-0.2, -0.15) is 0 Å². The number of aryl methyl sites for hydroxylation is 1. The molecule has 1 saturated heterocycles. The van der Waals surface area contributed by atoms with Crippen molar-refractivity contribution in [2.24, 2.45) is 5.92 Å². The molecule has 1 N–H and O–H groups in total. The topological polar surface area (TPSA) is 34.2 Å². The molecule has 0 saturated carbocycles. The van der Waals surface area contributed by atoms with Crippen molar-refractivity contribution in [2.75, 3.05) is 19.8 Å². The first-order valence-electron chi connectivity index (χ1n) is 5.54. The van der Waals surface area contributed by atoms with Gasteiger partial charge >= 0.3 is 0 Å². The molecular formula is C11H18N2OS. The average molecular weight is 226 g/mol. The highest BCUT2D eigenvalue weighted by atomic mass is 32.1. The molecule has 0 aliphatic carbocycles. The molecule has 1 aromatic heterocycles. The summed E-state index contributed by atoms with van der Waals surface area (Å²) in [5, 5.41) is 6.83. The van der Waals surface area contributed by atoms with Gasteiger partial charge in [0.1, 0.15) is 0 Å². The predicted octanol–water partition coefficient (Wildman–Crippen LogP) is 2.14. The van der Waals surface area contributed by atoms with E-state index in [4.69, 9.17) is 4.74 Å². The second-order valence-electron chi connectivity index (χ2n) is 3.95. The Kier molecular flexibility index (Phi) is 3.72. The molecule has 3 nitrogen and oxygen atoms in total. The standard InChI is InChI=1S/C11H18N2OS/c1-3-12-11(9-4-5-14-6-9)10-7-15-8(2)13-10/h7,9,11-12H,3-6H2,1-2H3. The minimum absolute atomic E-state index is 0.377. The number of ether oxygens (including phenoxy) is 1. The van der Waals surface area contributed by atoms with E-state index in [0.717, 1.165) is 31.2 Å². The van der Waals surface area contributed by atoms with Crippen molar-refractivity contribution in [3.05, 3.63) is 16.1 Å². The van der Waals surface area contributed by atoms with Crippen LogP contribution >= 0.6 is 11.3 Å². The zero-order valence-corrected chi connectivity index (χ0v) is 10.1. The van der Waals surface area contributed by atoms with Crippen molar-refractivity contribution >= 4 is 11.3 Å². The summed E-state index contributed by atoms with van der Waals surface area (Å²) < 4.78 is 5.45. The maximum Gasteiger partial charge on any atom is 0.0898 e. The van der Waals surface area contributed by atoms with E-state index < -0.39 is 0 Å². The van der Waals surface area contributed by atoms with Crippen molar-refractivity contribution in [3.63, 3.8) is 0 Å². The second kappa shape index (κ2) is 5.05. The Morgan fingerprint density at radius 3 is 3.13 bits per heavy atom. The Balaban J connectivity index is 2.11. The van der Waals surface area contributed by atoms with Gasteiger partial charge in [0.2, 0.25) is 0 Å². The second-order valence-corrected chi connectivity index (χ2v) is 5.01. The van der Waals surface area contributed by atoms with Crippen molar-refractivity contribution < 1.29 is 4.74 Å². The van der Waals surface area contributed by atoms with Crippen LogP contribution in [0.15, 0.2) is 5.38 Å². The molecule has 0 bridgehead atoms. The lowest BCUT2D eigenvalue weighted by Crippen LogP contribution is -2.28. The predicted molar refractivity (Wildman–Crippen MR) is 62.2 cm³/mol. The van der Waals surface area contributed by atoms with Crippen molar-refractivity contribution in [3.8, 4) is 0 Å². The molecule has 2 rings (SSSR count).